The SMILES string of the molecule is Cc1cc(NC(=O)N2CCCC(CN(C(=O)OC(C)(C)C)C(C)C)C2)no1. The molecule has 27 heavy (non-hydrogen) atoms. The summed E-state index contributed by atoms with van der Waals surface area (Å²) in [7, 11) is 0. The Labute approximate surface area is 161 Å². The number of hydrogen-bond donors (Lipinski definition) is 1. The molecule has 8 nitrogen and oxygen atoms in total. The van der Waals surface area contributed by atoms with Crippen molar-refractivity contribution in [1.82, 2.24) is 15.0 Å². The van der Waals surface area contributed by atoms with Gasteiger partial charge in [-0.25, -0.2) is 9.59 Å². The molecule has 1 saturated heterocycles. The van der Waals surface area contributed by atoms with Crippen LogP contribution in [-0.2, 0) is 4.74 Å². The Kier molecular flexibility index (Phi) is 6.73. The number of aromatic nitrogens is 1. The van der Waals surface area contributed by atoms with Crippen LogP contribution < -0.4 is 5.32 Å². The average Bonchev–Trinajstić information content (AvgIpc) is 2.95. The summed E-state index contributed by atoms with van der Waals surface area (Å²) in [4.78, 5) is 28.5. The lowest BCUT2D eigenvalue weighted by Gasteiger charge is -2.37. The summed E-state index contributed by atoms with van der Waals surface area (Å²) in [6, 6.07) is 1.52. The van der Waals surface area contributed by atoms with E-state index in [0.717, 1.165) is 12.8 Å². The second kappa shape index (κ2) is 8.63. The minimum absolute atomic E-state index is 0.0298. The summed E-state index contributed by atoms with van der Waals surface area (Å²) in [6.07, 6.45) is 1.56. The number of aryl methyl sites for hydroxylation is 1. The molecule has 1 aliphatic heterocycles. The standard InChI is InChI=1S/C19H32N4O4/c1-13(2)23(18(25)26-19(4,5)6)12-15-8-7-9-22(11-15)17(24)20-16-10-14(3)27-21-16/h10,13,15H,7-9,11-12H2,1-6H3,(H,20,21,24). The number of rotatable bonds is 4. The average molecular weight is 380 g/mol. The maximum absolute atomic E-state index is 12.5. The van der Waals surface area contributed by atoms with Crippen LogP contribution in [-0.4, -0.2) is 58.4 Å². The van der Waals surface area contributed by atoms with Crippen LogP contribution in [0, 0.1) is 12.8 Å². The summed E-state index contributed by atoms with van der Waals surface area (Å²) in [5, 5.41) is 6.56. The summed E-state index contributed by atoms with van der Waals surface area (Å²) in [5.74, 6) is 1.27. The number of nitrogens with one attached hydrogen (secondary N) is 1. The lowest BCUT2D eigenvalue weighted by molar-refractivity contribution is 0.0132. The van der Waals surface area contributed by atoms with E-state index in [1.165, 1.54) is 0 Å². The van der Waals surface area contributed by atoms with Crippen LogP contribution >= 0.6 is 0 Å². The van der Waals surface area contributed by atoms with E-state index in [9.17, 15) is 9.59 Å². The zero-order valence-electron chi connectivity index (χ0n) is 17.2. The molecule has 1 unspecified atom stereocenters. The Hall–Kier alpha value is -2.25. The molecule has 3 amide bonds. The van der Waals surface area contributed by atoms with Crippen LogP contribution in [0.15, 0.2) is 10.6 Å². The van der Waals surface area contributed by atoms with Gasteiger partial charge < -0.3 is 19.1 Å². The fourth-order valence-corrected chi connectivity index (χ4v) is 3.11. The van der Waals surface area contributed by atoms with Gasteiger partial charge in [-0.3, -0.25) is 5.32 Å². The molecule has 0 aliphatic carbocycles. The van der Waals surface area contributed by atoms with Gasteiger partial charge in [0.1, 0.15) is 11.4 Å². The van der Waals surface area contributed by atoms with E-state index in [-0.39, 0.29) is 24.1 Å². The number of urea groups is 1. The predicted molar refractivity (Wildman–Crippen MR) is 103 cm³/mol. The van der Waals surface area contributed by atoms with E-state index in [1.807, 2.05) is 34.6 Å². The van der Waals surface area contributed by atoms with E-state index < -0.39 is 5.60 Å². The normalized spacial score (nSPS) is 17.7. The Bertz CT molecular complexity index is 650. The number of piperidine rings is 1. The van der Waals surface area contributed by atoms with Crippen molar-refractivity contribution in [3.63, 3.8) is 0 Å². The second-order valence-corrected chi connectivity index (χ2v) is 8.43. The van der Waals surface area contributed by atoms with E-state index >= 15 is 0 Å². The largest absolute Gasteiger partial charge is 0.444 e. The van der Waals surface area contributed by atoms with Gasteiger partial charge in [-0.05, 0) is 60.3 Å². The first-order chi connectivity index (χ1) is 12.5. The van der Waals surface area contributed by atoms with Crippen LogP contribution in [0.3, 0.4) is 0 Å². The third-order valence-corrected chi connectivity index (χ3v) is 4.38. The van der Waals surface area contributed by atoms with Crippen molar-refractivity contribution in [3.05, 3.63) is 11.8 Å². The molecule has 0 radical (unpaired) electrons. The van der Waals surface area contributed by atoms with Gasteiger partial charge in [-0.1, -0.05) is 5.16 Å². The molecule has 0 saturated carbocycles. The minimum Gasteiger partial charge on any atom is -0.444 e. The first-order valence-corrected chi connectivity index (χ1v) is 9.54. The van der Waals surface area contributed by atoms with Crippen LogP contribution in [0.2, 0.25) is 0 Å². The molecular formula is C19H32N4O4. The molecule has 2 heterocycles. The molecule has 8 heteroatoms. The van der Waals surface area contributed by atoms with Crippen molar-refractivity contribution in [1.29, 1.82) is 0 Å². The first kappa shape index (κ1) is 21.1. The summed E-state index contributed by atoms with van der Waals surface area (Å²) in [6.45, 7) is 13.2. The molecule has 1 fully saturated rings. The number of carbonyl (C=O) groups excluding carboxylic acids is 2. The van der Waals surface area contributed by atoms with Gasteiger partial charge in [0, 0.05) is 31.7 Å². The molecule has 0 aromatic carbocycles. The fraction of sp³-hybridized carbons (Fsp3) is 0.737. The topological polar surface area (TPSA) is 87.9 Å². The van der Waals surface area contributed by atoms with Crippen LogP contribution in [0.5, 0.6) is 0 Å². The van der Waals surface area contributed by atoms with E-state index in [2.05, 4.69) is 10.5 Å². The lowest BCUT2D eigenvalue weighted by atomic mass is 9.97. The van der Waals surface area contributed by atoms with Gasteiger partial charge in [-0.2, -0.15) is 0 Å². The summed E-state index contributed by atoms with van der Waals surface area (Å²) < 4.78 is 10.5. The number of hydrogen-bond acceptors (Lipinski definition) is 5. The summed E-state index contributed by atoms with van der Waals surface area (Å²) in [5.41, 5.74) is -0.529. The van der Waals surface area contributed by atoms with Gasteiger partial charge in [0.15, 0.2) is 5.82 Å². The highest BCUT2D eigenvalue weighted by Gasteiger charge is 2.30. The maximum Gasteiger partial charge on any atom is 0.410 e. The molecule has 1 aliphatic rings. The minimum atomic E-state index is -0.529. The zero-order valence-corrected chi connectivity index (χ0v) is 17.2. The quantitative estimate of drug-likeness (QED) is 0.856. The summed E-state index contributed by atoms with van der Waals surface area (Å²) >= 11 is 0. The monoisotopic (exact) mass is 380 g/mol. The second-order valence-electron chi connectivity index (χ2n) is 8.43. The Morgan fingerprint density at radius 1 is 1.44 bits per heavy atom. The van der Waals surface area contributed by atoms with Gasteiger partial charge in [0.05, 0.1) is 0 Å². The molecule has 1 atom stereocenters. The molecule has 2 rings (SSSR count). The van der Waals surface area contributed by atoms with Gasteiger partial charge in [-0.15, -0.1) is 0 Å². The number of likely N-dealkylation sites (tertiary alicyclic amines) is 1. The molecular weight excluding hydrogens is 348 g/mol. The van der Waals surface area contributed by atoms with Crippen molar-refractivity contribution in [2.75, 3.05) is 25.0 Å². The molecule has 0 bridgehead atoms. The van der Waals surface area contributed by atoms with Gasteiger partial charge in [0.2, 0.25) is 0 Å². The Morgan fingerprint density at radius 3 is 2.70 bits per heavy atom. The van der Waals surface area contributed by atoms with Gasteiger partial charge >= 0.3 is 12.1 Å². The number of ether oxygens (including phenoxy) is 1. The van der Waals surface area contributed by atoms with Gasteiger partial charge in [0.25, 0.3) is 0 Å². The number of carbonyl (C=O) groups is 2. The number of anilines is 1. The van der Waals surface area contributed by atoms with E-state index in [1.54, 1.807) is 22.8 Å². The zero-order chi connectivity index (χ0) is 20.2. The highest BCUT2D eigenvalue weighted by Crippen LogP contribution is 2.21. The molecule has 1 aromatic rings. The van der Waals surface area contributed by atoms with Crippen LogP contribution in [0.25, 0.3) is 0 Å². The van der Waals surface area contributed by atoms with Crippen LogP contribution in [0.1, 0.15) is 53.2 Å². The van der Waals surface area contributed by atoms with Crippen molar-refractivity contribution < 1.29 is 18.8 Å². The molecule has 152 valence electrons. The highest BCUT2D eigenvalue weighted by atomic mass is 16.6. The predicted octanol–water partition coefficient (Wildman–Crippen LogP) is 3.87. The van der Waals surface area contributed by atoms with Crippen molar-refractivity contribution >= 4 is 17.9 Å². The molecule has 1 aromatic heterocycles. The van der Waals surface area contributed by atoms with Crippen molar-refractivity contribution in [3.8, 4) is 0 Å². The van der Waals surface area contributed by atoms with Crippen LogP contribution in [0.4, 0.5) is 15.4 Å². The first-order valence-electron chi connectivity index (χ1n) is 9.54. The van der Waals surface area contributed by atoms with E-state index in [4.69, 9.17) is 9.26 Å². The Morgan fingerprint density at radius 2 is 2.15 bits per heavy atom. The number of amides is 3. The fourth-order valence-electron chi connectivity index (χ4n) is 3.11. The number of nitrogens with zero attached hydrogens (tertiary/aromatic N) is 3. The molecule has 1 N–H and O–H groups in total. The Balaban J connectivity index is 1.95. The maximum atomic E-state index is 12.5. The smallest absolute Gasteiger partial charge is 0.410 e. The third kappa shape index (κ3) is 6.45. The lowest BCUT2D eigenvalue weighted by Crippen LogP contribution is -2.48. The highest BCUT2D eigenvalue weighted by molar-refractivity contribution is 5.88. The van der Waals surface area contributed by atoms with E-state index in [0.29, 0.717) is 31.2 Å². The van der Waals surface area contributed by atoms with Crippen molar-refractivity contribution in [2.24, 2.45) is 5.92 Å². The third-order valence-electron chi connectivity index (χ3n) is 4.38. The molecule has 0 spiro atoms. The van der Waals surface area contributed by atoms with Crippen molar-refractivity contribution in [2.45, 2.75) is 66.0 Å².